The largest absolute Gasteiger partial charge is 0.450 e. The predicted octanol–water partition coefficient (Wildman–Crippen LogP) is 5.48. The minimum Gasteiger partial charge on any atom is -0.450 e. The van der Waals surface area contributed by atoms with Crippen molar-refractivity contribution in [2.45, 2.75) is 52.6 Å². The lowest BCUT2D eigenvalue weighted by Crippen LogP contribution is -2.24. The molecule has 1 aliphatic carbocycles. The molecule has 0 aliphatic heterocycles. The standard InChI is InChI=1S/C23H25NO3S/c1-4-15-9-10-19-16(11-15)12-20(28-19)23(26)27-14(3)22(25)21-13(2)24-18-8-6-5-7-17(18)21/h5-8,12,14-15,24H,4,9-11H2,1-3H3/t14-,15+/m1/s1. The maximum absolute atomic E-state index is 13.0. The van der Waals surface area contributed by atoms with Crippen LogP contribution in [0.5, 0.6) is 0 Å². The Kier molecular flexibility index (Phi) is 5.11. The molecule has 1 aliphatic rings. The van der Waals surface area contributed by atoms with Crippen molar-refractivity contribution in [1.29, 1.82) is 0 Å². The van der Waals surface area contributed by atoms with Crippen LogP contribution < -0.4 is 0 Å². The Bertz CT molecular complexity index is 1050. The van der Waals surface area contributed by atoms with E-state index in [1.807, 2.05) is 37.3 Å². The van der Waals surface area contributed by atoms with Crippen molar-refractivity contribution in [1.82, 2.24) is 4.98 Å². The molecule has 0 bridgehead atoms. The van der Waals surface area contributed by atoms with Gasteiger partial charge in [0.25, 0.3) is 0 Å². The highest BCUT2D eigenvalue weighted by Crippen LogP contribution is 2.34. The van der Waals surface area contributed by atoms with Gasteiger partial charge in [0.15, 0.2) is 6.10 Å². The molecule has 3 aromatic rings. The van der Waals surface area contributed by atoms with E-state index in [1.165, 1.54) is 34.6 Å². The van der Waals surface area contributed by atoms with Gasteiger partial charge < -0.3 is 9.72 Å². The number of hydrogen-bond donors (Lipinski definition) is 1. The topological polar surface area (TPSA) is 59.2 Å². The summed E-state index contributed by atoms with van der Waals surface area (Å²) in [5.41, 5.74) is 3.60. The number of para-hydroxylation sites is 1. The van der Waals surface area contributed by atoms with Gasteiger partial charge in [0.2, 0.25) is 5.78 Å². The Labute approximate surface area is 168 Å². The SMILES string of the molecule is CC[C@H]1CCc2sc(C(=O)O[C@H](C)C(=O)c3c(C)[nH]c4ccccc34)cc2C1. The number of rotatable bonds is 5. The van der Waals surface area contributed by atoms with E-state index in [9.17, 15) is 9.59 Å². The lowest BCUT2D eigenvalue weighted by Gasteiger charge is -2.19. The minimum atomic E-state index is -0.826. The molecule has 0 saturated carbocycles. The fourth-order valence-electron chi connectivity index (χ4n) is 4.12. The molecule has 4 rings (SSSR count). The van der Waals surface area contributed by atoms with Gasteiger partial charge in [0, 0.05) is 27.0 Å². The number of Topliss-reactive ketones (excluding diaryl/α,β-unsaturated/α-hetero) is 1. The monoisotopic (exact) mass is 395 g/mol. The van der Waals surface area contributed by atoms with E-state index in [0.29, 0.717) is 16.4 Å². The second kappa shape index (κ2) is 7.55. The van der Waals surface area contributed by atoms with Crippen molar-refractivity contribution in [3.8, 4) is 0 Å². The van der Waals surface area contributed by atoms with Crippen molar-refractivity contribution in [3.63, 3.8) is 0 Å². The third-order valence-corrected chi connectivity index (χ3v) is 6.97. The first kappa shape index (κ1) is 18.9. The zero-order chi connectivity index (χ0) is 19.8. The van der Waals surface area contributed by atoms with Crippen LogP contribution in [0.3, 0.4) is 0 Å². The molecule has 0 fully saturated rings. The number of ether oxygens (including phenoxy) is 1. The van der Waals surface area contributed by atoms with E-state index in [0.717, 1.165) is 29.4 Å². The number of nitrogens with one attached hydrogen (secondary N) is 1. The molecule has 1 aromatic carbocycles. The smallest absolute Gasteiger partial charge is 0.349 e. The number of hydrogen-bond acceptors (Lipinski definition) is 4. The number of thiophene rings is 1. The summed E-state index contributed by atoms with van der Waals surface area (Å²) in [5.74, 6) is 0.137. The lowest BCUT2D eigenvalue weighted by atomic mass is 9.87. The second-order valence-electron chi connectivity index (χ2n) is 7.66. The first-order valence-electron chi connectivity index (χ1n) is 9.92. The van der Waals surface area contributed by atoms with Crippen LogP contribution in [0.1, 0.15) is 62.9 Å². The Morgan fingerprint density at radius 1 is 1.32 bits per heavy atom. The number of aryl methyl sites for hydroxylation is 2. The number of benzene rings is 1. The van der Waals surface area contributed by atoms with Gasteiger partial charge in [-0.25, -0.2) is 4.79 Å². The van der Waals surface area contributed by atoms with Crippen molar-refractivity contribution in [2.24, 2.45) is 5.92 Å². The van der Waals surface area contributed by atoms with Crippen LogP contribution in [0.15, 0.2) is 30.3 Å². The van der Waals surface area contributed by atoms with E-state index in [4.69, 9.17) is 4.74 Å². The fraction of sp³-hybridized carbons (Fsp3) is 0.391. The van der Waals surface area contributed by atoms with E-state index in [-0.39, 0.29) is 5.78 Å². The van der Waals surface area contributed by atoms with Crippen molar-refractivity contribution < 1.29 is 14.3 Å². The molecule has 2 atom stereocenters. The van der Waals surface area contributed by atoms with Gasteiger partial charge in [-0.1, -0.05) is 31.5 Å². The summed E-state index contributed by atoms with van der Waals surface area (Å²) in [5, 5.41) is 0.866. The maximum atomic E-state index is 13.0. The summed E-state index contributed by atoms with van der Waals surface area (Å²) in [7, 11) is 0. The molecular weight excluding hydrogens is 370 g/mol. The van der Waals surface area contributed by atoms with Gasteiger partial charge in [-0.05, 0) is 56.7 Å². The first-order valence-corrected chi connectivity index (χ1v) is 10.7. The number of carbonyl (C=O) groups excluding carboxylic acids is 2. The van der Waals surface area contributed by atoms with Gasteiger partial charge in [-0.3, -0.25) is 4.79 Å². The van der Waals surface area contributed by atoms with Gasteiger partial charge in [-0.15, -0.1) is 11.3 Å². The minimum absolute atomic E-state index is 0.171. The van der Waals surface area contributed by atoms with Crippen LogP contribution in [-0.2, 0) is 17.6 Å². The molecule has 0 saturated heterocycles. The average molecular weight is 396 g/mol. The Balaban J connectivity index is 1.51. The molecule has 2 aromatic heterocycles. The third kappa shape index (κ3) is 3.39. The number of fused-ring (bicyclic) bond motifs is 2. The molecule has 4 nitrogen and oxygen atoms in total. The molecule has 28 heavy (non-hydrogen) atoms. The Hall–Kier alpha value is -2.40. The summed E-state index contributed by atoms with van der Waals surface area (Å²) in [6.45, 7) is 5.75. The molecule has 0 spiro atoms. The van der Waals surface area contributed by atoms with E-state index in [1.54, 1.807) is 6.92 Å². The predicted molar refractivity (Wildman–Crippen MR) is 112 cm³/mol. The zero-order valence-corrected chi connectivity index (χ0v) is 17.3. The fourth-order valence-corrected chi connectivity index (χ4v) is 5.21. The number of aromatic nitrogens is 1. The van der Waals surface area contributed by atoms with Gasteiger partial charge >= 0.3 is 5.97 Å². The van der Waals surface area contributed by atoms with Crippen molar-refractivity contribution in [3.05, 3.63) is 56.9 Å². The summed E-state index contributed by atoms with van der Waals surface area (Å²) in [4.78, 5) is 30.8. The van der Waals surface area contributed by atoms with Gasteiger partial charge in [-0.2, -0.15) is 0 Å². The number of esters is 1. The van der Waals surface area contributed by atoms with Crippen LogP contribution in [0.4, 0.5) is 0 Å². The van der Waals surface area contributed by atoms with Crippen LogP contribution in [-0.4, -0.2) is 22.8 Å². The lowest BCUT2D eigenvalue weighted by molar-refractivity contribution is 0.0324. The van der Waals surface area contributed by atoms with Crippen LogP contribution in [0, 0.1) is 12.8 Å². The molecule has 0 radical (unpaired) electrons. The van der Waals surface area contributed by atoms with Crippen molar-refractivity contribution in [2.75, 3.05) is 0 Å². The quantitative estimate of drug-likeness (QED) is 0.460. The molecule has 2 heterocycles. The van der Waals surface area contributed by atoms with E-state index < -0.39 is 12.1 Å². The first-order chi connectivity index (χ1) is 13.5. The summed E-state index contributed by atoms with van der Waals surface area (Å²) in [6.07, 6.45) is 3.61. The summed E-state index contributed by atoms with van der Waals surface area (Å²) in [6, 6.07) is 9.66. The van der Waals surface area contributed by atoms with E-state index >= 15 is 0 Å². The Morgan fingerprint density at radius 3 is 2.89 bits per heavy atom. The van der Waals surface area contributed by atoms with Gasteiger partial charge in [0.05, 0.1) is 0 Å². The van der Waals surface area contributed by atoms with Gasteiger partial charge in [0.1, 0.15) is 4.88 Å². The van der Waals surface area contributed by atoms with Crippen molar-refractivity contribution >= 4 is 34.0 Å². The molecule has 5 heteroatoms. The second-order valence-corrected chi connectivity index (χ2v) is 8.80. The number of H-pyrrole nitrogens is 1. The summed E-state index contributed by atoms with van der Waals surface area (Å²) < 4.78 is 5.56. The highest BCUT2D eigenvalue weighted by atomic mass is 32.1. The Morgan fingerprint density at radius 2 is 2.11 bits per heavy atom. The number of aromatic amines is 1. The average Bonchev–Trinajstić information content (AvgIpc) is 3.26. The molecular formula is C23H25NO3S. The normalized spacial score (nSPS) is 17.3. The number of ketones is 1. The molecule has 0 unspecified atom stereocenters. The zero-order valence-electron chi connectivity index (χ0n) is 16.5. The maximum Gasteiger partial charge on any atom is 0.349 e. The van der Waals surface area contributed by atoms with E-state index in [2.05, 4.69) is 11.9 Å². The molecule has 1 N–H and O–H groups in total. The number of carbonyl (C=O) groups is 2. The molecule has 0 amide bonds. The highest BCUT2D eigenvalue weighted by molar-refractivity contribution is 7.14. The third-order valence-electron chi connectivity index (χ3n) is 5.76. The highest BCUT2D eigenvalue weighted by Gasteiger charge is 2.27. The molecule has 146 valence electrons. The van der Waals surface area contributed by atoms with Crippen LogP contribution in [0.25, 0.3) is 10.9 Å². The van der Waals surface area contributed by atoms with Crippen LogP contribution in [0.2, 0.25) is 0 Å². The van der Waals surface area contributed by atoms with Crippen LogP contribution >= 0.6 is 11.3 Å². The summed E-state index contributed by atoms with van der Waals surface area (Å²) >= 11 is 1.52.